The van der Waals surface area contributed by atoms with Crippen molar-refractivity contribution in [3.8, 4) is 11.5 Å². The van der Waals surface area contributed by atoms with E-state index >= 15 is 0 Å². The van der Waals surface area contributed by atoms with Gasteiger partial charge in [0.25, 0.3) is 0 Å². The van der Waals surface area contributed by atoms with E-state index in [1.54, 1.807) is 7.11 Å². The third kappa shape index (κ3) is 8.01. The molecule has 0 saturated carbocycles. The molecular weight excluding hydrogens is 488 g/mol. The molecule has 2 aromatic rings. The molecule has 0 bridgehead atoms. The van der Waals surface area contributed by atoms with E-state index in [0.717, 1.165) is 62.4 Å². The molecule has 1 saturated heterocycles. The summed E-state index contributed by atoms with van der Waals surface area (Å²) >= 11 is 0. The van der Waals surface area contributed by atoms with Gasteiger partial charge in [-0.3, -0.25) is 4.90 Å². The third-order valence-corrected chi connectivity index (χ3v) is 7.50. The van der Waals surface area contributed by atoms with Crippen molar-refractivity contribution >= 4 is 11.7 Å². The van der Waals surface area contributed by atoms with Crippen molar-refractivity contribution in [2.45, 2.75) is 85.5 Å². The highest BCUT2D eigenvalue weighted by molar-refractivity contribution is 5.72. The van der Waals surface area contributed by atoms with Gasteiger partial charge in [0.05, 0.1) is 7.11 Å². The van der Waals surface area contributed by atoms with E-state index in [-0.39, 0.29) is 12.1 Å². The zero-order chi connectivity index (χ0) is 28.2. The Balaban J connectivity index is 1.34. The van der Waals surface area contributed by atoms with Crippen LogP contribution in [-0.2, 0) is 24.2 Å². The topological polar surface area (TPSA) is 60.0 Å². The fraction of sp³-hybridized carbons (Fsp3) is 0.545. The van der Waals surface area contributed by atoms with Gasteiger partial charge in [-0.05, 0) is 99.8 Å². The van der Waals surface area contributed by atoms with E-state index in [0.29, 0.717) is 12.5 Å². The molecule has 4 rings (SSSR count). The van der Waals surface area contributed by atoms with Crippen LogP contribution in [0.5, 0.6) is 11.5 Å². The number of alkyl carbamates (subject to hydrolysis) is 1. The molecular formula is C33H46N2O4. The molecule has 6 nitrogen and oxygen atoms in total. The third-order valence-electron chi connectivity index (χ3n) is 7.50. The number of carbonyl (C=O) groups excluding carboxylic acids is 1. The predicted molar refractivity (Wildman–Crippen MR) is 157 cm³/mol. The van der Waals surface area contributed by atoms with Gasteiger partial charge in [0, 0.05) is 31.2 Å². The number of methoxy groups -OCH3 is 1. The molecule has 0 spiro atoms. The number of amides is 1. The Morgan fingerprint density at radius 3 is 2.64 bits per heavy atom. The van der Waals surface area contributed by atoms with Gasteiger partial charge in [-0.2, -0.15) is 0 Å². The number of nitrogens with zero attached hydrogens (tertiary/aromatic N) is 1. The van der Waals surface area contributed by atoms with Crippen LogP contribution < -0.4 is 14.8 Å². The van der Waals surface area contributed by atoms with Crippen LogP contribution in [-0.4, -0.2) is 49.4 Å². The largest absolute Gasteiger partial charge is 0.496 e. The van der Waals surface area contributed by atoms with Crippen molar-refractivity contribution < 1.29 is 19.0 Å². The maximum absolute atomic E-state index is 12.2. The first kappa shape index (κ1) is 29.0. The Kier molecular flexibility index (Phi) is 9.27. The second-order valence-electron chi connectivity index (χ2n) is 12.4. The molecule has 6 heteroatoms. The van der Waals surface area contributed by atoms with Gasteiger partial charge < -0.3 is 19.5 Å². The van der Waals surface area contributed by atoms with Crippen LogP contribution in [0.15, 0.2) is 42.0 Å². The molecule has 1 amide bonds. The summed E-state index contributed by atoms with van der Waals surface area (Å²) in [4.78, 5) is 14.6. The Hall–Kier alpha value is -2.99. The van der Waals surface area contributed by atoms with Crippen LogP contribution in [0, 0.1) is 5.92 Å². The van der Waals surface area contributed by atoms with Crippen molar-refractivity contribution in [1.29, 1.82) is 0 Å². The zero-order valence-electron chi connectivity index (χ0n) is 24.9. The van der Waals surface area contributed by atoms with Gasteiger partial charge >= 0.3 is 6.09 Å². The van der Waals surface area contributed by atoms with E-state index in [2.05, 4.69) is 67.4 Å². The molecule has 0 radical (unpaired) electrons. The summed E-state index contributed by atoms with van der Waals surface area (Å²) in [5.41, 5.74) is 7.40. The molecule has 1 unspecified atom stereocenters. The van der Waals surface area contributed by atoms with Gasteiger partial charge in [-0.15, -0.1) is 0 Å². The second-order valence-corrected chi connectivity index (χ2v) is 12.4. The number of ether oxygens (including phenoxy) is 3. The van der Waals surface area contributed by atoms with Crippen LogP contribution in [0.4, 0.5) is 4.79 Å². The quantitative estimate of drug-likeness (QED) is 0.384. The Morgan fingerprint density at radius 1 is 1.13 bits per heavy atom. The van der Waals surface area contributed by atoms with Crippen molar-refractivity contribution in [1.82, 2.24) is 10.2 Å². The summed E-state index contributed by atoms with van der Waals surface area (Å²) in [5.74, 6) is 2.40. The smallest absolute Gasteiger partial charge is 0.407 e. The average Bonchev–Trinajstić information content (AvgIpc) is 3.29. The zero-order valence-corrected chi connectivity index (χ0v) is 24.9. The number of fused-ring (bicyclic) bond motifs is 1. The first-order valence-corrected chi connectivity index (χ1v) is 14.3. The molecule has 2 aliphatic rings. The average molecular weight is 535 g/mol. The molecule has 1 atom stereocenters. The molecule has 39 heavy (non-hydrogen) atoms. The lowest BCUT2D eigenvalue weighted by molar-refractivity contribution is 0.0506. The number of hydrogen-bond donors (Lipinski definition) is 1. The first-order valence-electron chi connectivity index (χ1n) is 14.3. The van der Waals surface area contributed by atoms with Crippen molar-refractivity contribution in [3.63, 3.8) is 0 Å². The van der Waals surface area contributed by atoms with Crippen LogP contribution >= 0.6 is 0 Å². The molecule has 1 aliphatic heterocycles. The summed E-state index contributed by atoms with van der Waals surface area (Å²) in [6.07, 6.45) is 3.73. The number of rotatable bonds is 9. The number of nitrogens with one attached hydrogen (secondary N) is 1. The SMILES string of the molecule is COc1cc(CC(C)C)ccc1COc1ccc2c(c1)CCC(CN1CCC(NC(=O)OC(C)(C)C)C1)=C2C. The van der Waals surface area contributed by atoms with E-state index in [1.807, 2.05) is 20.8 Å². The van der Waals surface area contributed by atoms with Gasteiger partial charge in [0.1, 0.15) is 23.7 Å². The van der Waals surface area contributed by atoms with Crippen molar-refractivity contribution in [2.75, 3.05) is 26.7 Å². The predicted octanol–water partition coefficient (Wildman–Crippen LogP) is 6.79. The number of allylic oxidation sites excluding steroid dienone is 1. The van der Waals surface area contributed by atoms with Crippen LogP contribution in [0.1, 0.15) is 76.6 Å². The lowest BCUT2D eigenvalue weighted by Crippen LogP contribution is -2.40. The van der Waals surface area contributed by atoms with Crippen molar-refractivity contribution in [2.24, 2.45) is 5.92 Å². The number of likely N-dealkylation sites (tertiary alicyclic amines) is 1. The maximum Gasteiger partial charge on any atom is 0.407 e. The molecule has 1 N–H and O–H groups in total. The second kappa shape index (κ2) is 12.5. The van der Waals surface area contributed by atoms with E-state index in [9.17, 15) is 4.79 Å². The normalized spacial score (nSPS) is 17.8. The van der Waals surface area contributed by atoms with E-state index in [1.165, 1.54) is 27.8 Å². The number of carbonyl (C=O) groups is 1. The van der Waals surface area contributed by atoms with Crippen molar-refractivity contribution in [3.05, 3.63) is 64.2 Å². The number of aryl methyl sites for hydroxylation is 1. The van der Waals surface area contributed by atoms with Gasteiger partial charge in [0.2, 0.25) is 0 Å². The summed E-state index contributed by atoms with van der Waals surface area (Å²) in [5, 5.41) is 3.04. The molecule has 212 valence electrons. The summed E-state index contributed by atoms with van der Waals surface area (Å²) in [6, 6.07) is 13.1. The highest BCUT2D eigenvalue weighted by Crippen LogP contribution is 2.34. The van der Waals surface area contributed by atoms with E-state index in [4.69, 9.17) is 14.2 Å². The highest BCUT2D eigenvalue weighted by Gasteiger charge is 2.27. The Bertz CT molecular complexity index is 1190. The monoisotopic (exact) mass is 534 g/mol. The molecule has 0 aromatic heterocycles. The Morgan fingerprint density at radius 2 is 1.92 bits per heavy atom. The van der Waals surface area contributed by atoms with Gasteiger partial charge in [0.15, 0.2) is 0 Å². The summed E-state index contributed by atoms with van der Waals surface area (Å²) < 4.78 is 17.3. The highest BCUT2D eigenvalue weighted by atomic mass is 16.6. The lowest BCUT2D eigenvalue weighted by atomic mass is 9.86. The van der Waals surface area contributed by atoms with Crippen LogP contribution in [0.25, 0.3) is 5.57 Å². The molecule has 2 aromatic carbocycles. The van der Waals surface area contributed by atoms with Gasteiger partial charge in [-0.25, -0.2) is 4.79 Å². The summed E-state index contributed by atoms with van der Waals surface area (Å²) in [7, 11) is 1.73. The van der Waals surface area contributed by atoms with Gasteiger partial charge in [-0.1, -0.05) is 37.6 Å². The summed E-state index contributed by atoms with van der Waals surface area (Å²) in [6.45, 7) is 15.6. The molecule has 1 fully saturated rings. The van der Waals surface area contributed by atoms with Crippen LogP contribution in [0.3, 0.4) is 0 Å². The molecule has 1 heterocycles. The lowest BCUT2D eigenvalue weighted by Gasteiger charge is -2.26. The minimum Gasteiger partial charge on any atom is -0.496 e. The first-order chi connectivity index (χ1) is 18.5. The standard InChI is InChI=1S/C33H46N2O4/c1-22(2)16-24-8-9-27(31(17-24)37-7)21-38-29-12-13-30-23(3)26(11-10-25(30)18-29)19-35-15-14-28(20-35)34-32(36)39-33(4,5)6/h8-9,12-13,17-18,22,28H,10-11,14-16,19-21H2,1-7H3,(H,34,36). The molecule has 1 aliphatic carbocycles. The minimum absolute atomic E-state index is 0.140. The fourth-order valence-corrected chi connectivity index (χ4v) is 5.60. The number of hydrogen-bond acceptors (Lipinski definition) is 5. The Labute approximate surface area is 234 Å². The number of benzene rings is 2. The van der Waals surface area contributed by atoms with Crippen LogP contribution in [0.2, 0.25) is 0 Å². The van der Waals surface area contributed by atoms with E-state index < -0.39 is 5.60 Å². The fourth-order valence-electron chi connectivity index (χ4n) is 5.60. The maximum atomic E-state index is 12.2. The minimum atomic E-state index is -0.476.